The number of carbonyl (C=O) groups excluding carboxylic acids is 1. The second-order valence-corrected chi connectivity index (χ2v) is 4.92. The summed E-state index contributed by atoms with van der Waals surface area (Å²) in [6.45, 7) is 8.43. The first-order chi connectivity index (χ1) is 7.69. The second-order valence-electron chi connectivity index (χ2n) is 4.92. The average molecular weight is 226 g/mol. The molecule has 0 aromatic heterocycles. The highest BCUT2D eigenvalue weighted by Crippen LogP contribution is 2.15. The highest BCUT2D eigenvalue weighted by Gasteiger charge is 2.23. The first-order valence-electron chi connectivity index (χ1n) is 6.70. The van der Waals surface area contributed by atoms with Crippen LogP contribution in [-0.4, -0.2) is 25.0 Å². The molecule has 0 radical (unpaired) electrons. The zero-order valence-corrected chi connectivity index (χ0v) is 10.9. The predicted octanol–water partition coefficient (Wildman–Crippen LogP) is 1.93. The van der Waals surface area contributed by atoms with E-state index in [0.717, 1.165) is 38.8 Å². The topological polar surface area (TPSA) is 41.1 Å². The normalized spacial score (nSPS) is 23.1. The Hall–Kier alpha value is -0.570. The molecule has 1 unspecified atom stereocenters. The van der Waals surface area contributed by atoms with Gasteiger partial charge in [-0.15, -0.1) is 0 Å². The minimum atomic E-state index is 0.186. The van der Waals surface area contributed by atoms with Crippen LogP contribution in [0.15, 0.2) is 0 Å². The van der Waals surface area contributed by atoms with Gasteiger partial charge < -0.3 is 10.6 Å². The minimum Gasteiger partial charge on any atom is -0.353 e. The van der Waals surface area contributed by atoms with Gasteiger partial charge in [-0.1, -0.05) is 26.7 Å². The van der Waals surface area contributed by atoms with Crippen LogP contribution in [0, 0.1) is 11.8 Å². The van der Waals surface area contributed by atoms with Gasteiger partial charge in [0, 0.05) is 12.6 Å². The minimum absolute atomic E-state index is 0.186. The summed E-state index contributed by atoms with van der Waals surface area (Å²) in [5.41, 5.74) is 0. The van der Waals surface area contributed by atoms with Gasteiger partial charge in [-0.3, -0.25) is 4.79 Å². The summed E-state index contributed by atoms with van der Waals surface area (Å²) in [6.07, 6.45) is 4.44. The monoisotopic (exact) mass is 226 g/mol. The number of hydrogen-bond acceptors (Lipinski definition) is 2. The van der Waals surface area contributed by atoms with Crippen LogP contribution in [0.1, 0.15) is 46.5 Å². The lowest BCUT2D eigenvalue weighted by atomic mass is 9.93. The molecule has 1 saturated heterocycles. The van der Waals surface area contributed by atoms with E-state index in [1.54, 1.807) is 0 Å². The number of carbonyl (C=O) groups is 1. The van der Waals surface area contributed by atoms with Crippen LogP contribution in [-0.2, 0) is 4.79 Å². The Balaban J connectivity index is 2.37. The van der Waals surface area contributed by atoms with Crippen molar-refractivity contribution < 1.29 is 4.79 Å². The van der Waals surface area contributed by atoms with Gasteiger partial charge in [0.1, 0.15) is 0 Å². The first-order valence-corrected chi connectivity index (χ1v) is 6.70. The molecule has 0 aliphatic carbocycles. The summed E-state index contributed by atoms with van der Waals surface area (Å²) < 4.78 is 0. The molecular weight excluding hydrogens is 200 g/mol. The SMILES string of the molecule is CCC(CC)C(C)NC(=O)[C@@H]1CCCNC1. The van der Waals surface area contributed by atoms with Crippen LogP contribution in [0.3, 0.4) is 0 Å². The molecule has 1 aliphatic heterocycles. The molecule has 16 heavy (non-hydrogen) atoms. The van der Waals surface area contributed by atoms with E-state index in [1.807, 2.05) is 0 Å². The molecule has 1 fully saturated rings. The third kappa shape index (κ3) is 3.78. The van der Waals surface area contributed by atoms with Gasteiger partial charge >= 0.3 is 0 Å². The van der Waals surface area contributed by atoms with Crippen molar-refractivity contribution in [3.05, 3.63) is 0 Å². The number of hydrogen-bond donors (Lipinski definition) is 2. The van der Waals surface area contributed by atoms with Crippen molar-refractivity contribution in [2.45, 2.75) is 52.5 Å². The summed E-state index contributed by atoms with van der Waals surface area (Å²) in [6, 6.07) is 0.310. The third-order valence-corrected chi connectivity index (χ3v) is 3.79. The highest BCUT2D eigenvalue weighted by molar-refractivity contribution is 5.79. The fourth-order valence-corrected chi connectivity index (χ4v) is 2.53. The maximum atomic E-state index is 12.0. The lowest BCUT2D eigenvalue weighted by Crippen LogP contribution is -2.45. The molecule has 3 heteroatoms. The molecule has 94 valence electrons. The number of amides is 1. The maximum Gasteiger partial charge on any atom is 0.224 e. The molecule has 0 aromatic rings. The second kappa shape index (κ2) is 6.89. The Morgan fingerprint density at radius 2 is 2.12 bits per heavy atom. The largest absolute Gasteiger partial charge is 0.353 e. The number of nitrogens with one attached hydrogen (secondary N) is 2. The molecule has 1 amide bonds. The van der Waals surface area contributed by atoms with Crippen molar-refractivity contribution >= 4 is 5.91 Å². The van der Waals surface area contributed by atoms with E-state index in [9.17, 15) is 4.79 Å². The van der Waals surface area contributed by atoms with E-state index in [1.165, 1.54) is 0 Å². The summed E-state index contributed by atoms with van der Waals surface area (Å²) in [4.78, 5) is 12.0. The molecule has 0 aromatic carbocycles. The molecule has 0 spiro atoms. The Kier molecular flexibility index (Phi) is 5.81. The Morgan fingerprint density at radius 3 is 2.62 bits per heavy atom. The van der Waals surface area contributed by atoms with E-state index < -0.39 is 0 Å². The van der Waals surface area contributed by atoms with E-state index in [0.29, 0.717) is 12.0 Å². The molecule has 1 heterocycles. The number of rotatable bonds is 5. The van der Waals surface area contributed by atoms with E-state index in [-0.39, 0.29) is 11.8 Å². The van der Waals surface area contributed by atoms with Crippen molar-refractivity contribution in [3.63, 3.8) is 0 Å². The quantitative estimate of drug-likeness (QED) is 0.752. The zero-order chi connectivity index (χ0) is 12.0. The van der Waals surface area contributed by atoms with Crippen LogP contribution >= 0.6 is 0 Å². The first kappa shape index (κ1) is 13.5. The zero-order valence-electron chi connectivity index (χ0n) is 10.9. The summed E-state index contributed by atoms with van der Waals surface area (Å²) >= 11 is 0. The van der Waals surface area contributed by atoms with Crippen molar-refractivity contribution in [2.75, 3.05) is 13.1 Å². The van der Waals surface area contributed by atoms with Crippen molar-refractivity contribution in [3.8, 4) is 0 Å². The van der Waals surface area contributed by atoms with E-state index >= 15 is 0 Å². The molecule has 3 nitrogen and oxygen atoms in total. The fraction of sp³-hybridized carbons (Fsp3) is 0.923. The Labute approximate surface area is 99.4 Å². The highest BCUT2D eigenvalue weighted by atomic mass is 16.2. The van der Waals surface area contributed by atoms with E-state index in [2.05, 4.69) is 31.4 Å². The van der Waals surface area contributed by atoms with Crippen molar-refractivity contribution in [2.24, 2.45) is 11.8 Å². The predicted molar refractivity (Wildman–Crippen MR) is 67.3 cm³/mol. The van der Waals surface area contributed by atoms with Crippen molar-refractivity contribution in [1.29, 1.82) is 0 Å². The lowest BCUT2D eigenvalue weighted by Gasteiger charge is -2.27. The molecule has 1 rings (SSSR count). The lowest BCUT2D eigenvalue weighted by molar-refractivity contribution is -0.126. The van der Waals surface area contributed by atoms with Gasteiger partial charge in [-0.2, -0.15) is 0 Å². The van der Waals surface area contributed by atoms with Gasteiger partial charge in [0.15, 0.2) is 0 Å². The molecular formula is C13H26N2O. The van der Waals surface area contributed by atoms with Gasteiger partial charge in [0.2, 0.25) is 5.91 Å². The van der Waals surface area contributed by atoms with E-state index in [4.69, 9.17) is 0 Å². The summed E-state index contributed by atoms with van der Waals surface area (Å²) in [7, 11) is 0. The average Bonchev–Trinajstić information content (AvgIpc) is 2.31. The molecule has 1 aliphatic rings. The van der Waals surface area contributed by atoms with Crippen LogP contribution < -0.4 is 10.6 Å². The van der Waals surface area contributed by atoms with Gasteiger partial charge in [-0.05, 0) is 32.2 Å². The maximum absolute atomic E-state index is 12.0. The fourth-order valence-electron chi connectivity index (χ4n) is 2.53. The van der Waals surface area contributed by atoms with Crippen LogP contribution in [0.5, 0.6) is 0 Å². The molecule has 0 bridgehead atoms. The Morgan fingerprint density at radius 1 is 1.44 bits per heavy atom. The van der Waals surface area contributed by atoms with Crippen molar-refractivity contribution in [1.82, 2.24) is 10.6 Å². The standard InChI is InChI=1S/C13H26N2O/c1-4-11(5-2)10(3)15-13(16)12-7-6-8-14-9-12/h10-12,14H,4-9H2,1-3H3,(H,15,16)/t10?,12-/m1/s1. The van der Waals surface area contributed by atoms with Crippen LogP contribution in [0.4, 0.5) is 0 Å². The smallest absolute Gasteiger partial charge is 0.224 e. The molecule has 2 atom stereocenters. The van der Waals surface area contributed by atoms with Crippen LogP contribution in [0.2, 0.25) is 0 Å². The van der Waals surface area contributed by atoms with Gasteiger partial charge in [0.25, 0.3) is 0 Å². The summed E-state index contributed by atoms with van der Waals surface area (Å²) in [5.74, 6) is 1.04. The Bertz CT molecular complexity index is 208. The summed E-state index contributed by atoms with van der Waals surface area (Å²) in [5, 5.41) is 6.46. The third-order valence-electron chi connectivity index (χ3n) is 3.79. The molecule has 0 saturated carbocycles. The molecule has 2 N–H and O–H groups in total. The van der Waals surface area contributed by atoms with Gasteiger partial charge in [-0.25, -0.2) is 0 Å². The van der Waals surface area contributed by atoms with Crippen LogP contribution in [0.25, 0.3) is 0 Å². The van der Waals surface area contributed by atoms with Gasteiger partial charge in [0.05, 0.1) is 5.92 Å². The number of piperidine rings is 1.